The van der Waals surface area contributed by atoms with Gasteiger partial charge in [0, 0.05) is 12.0 Å². The van der Waals surface area contributed by atoms with Crippen LogP contribution in [0.25, 0.3) is 0 Å². The average Bonchev–Trinajstić information content (AvgIpc) is 2.73. The van der Waals surface area contributed by atoms with Gasteiger partial charge in [0.05, 0.1) is 13.8 Å². The van der Waals surface area contributed by atoms with Gasteiger partial charge in [0.2, 0.25) is 5.88 Å². The summed E-state index contributed by atoms with van der Waals surface area (Å²) in [5.74, 6) is 0.312. The van der Waals surface area contributed by atoms with E-state index in [1.54, 1.807) is 6.92 Å². The molecule has 3 rings (SSSR count). The zero-order valence-electron chi connectivity index (χ0n) is 17.7. The van der Waals surface area contributed by atoms with E-state index in [1.807, 2.05) is 0 Å². The van der Waals surface area contributed by atoms with Crippen LogP contribution < -0.4 is 10.5 Å². The Morgan fingerprint density at radius 2 is 2.19 bits per heavy atom. The van der Waals surface area contributed by atoms with E-state index >= 15 is 0 Å². The number of carbonyl (C=O) groups is 1. The molecule has 2 N–H and O–H groups in total. The largest absolute Gasteiger partial charge is 0.463 e. The lowest BCUT2D eigenvalue weighted by molar-refractivity contribution is -0.117. The van der Waals surface area contributed by atoms with Crippen molar-refractivity contribution in [2.24, 2.45) is 10.7 Å². The SMILES string of the molecule is [3H]c1cc(F)c([C@@]2(C)N=C(N)OCC2(F)F)cc1CC(=O)c1cnc(OCC#CC)cn1. The number of hydrogen-bond acceptors (Lipinski definition) is 7. The van der Waals surface area contributed by atoms with Crippen LogP contribution >= 0.6 is 0 Å². The molecule has 162 valence electrons. The molecule has 1 atom stereocenters. The van der Waals surface area contributed by atoms with E-state index in [2.05, 4.69) is 31.5 Å². The number of halogens is 3. The molecule has 0 fully saturated rings. The molecule has 10 heteroatoms. The van der Waals surface area contributed by atoms with Gasteiger partial charge in [0.1, 0.15) is 11.5 Å². The van der Waals surface area contributed by atoms with Crippen LogP contribution in [0.5, 0.6) is 5.88 Å². The summed E-state index contributed by atoms with van der Waals surface area (Å²) in [6.45, 7) is 1.70. The minimum absolute atomic E-state index is 0.0176. The Kier molecular flexibility index (Phi) is 5.75. The maximum absolute atomic E-state index is 14.6. The first-order chi connectivity index (χ1) is 15.1. The summed E-state index contributed by atoms with van der Waals surface area (Å²) in [6, 6.07) is 0.951. The summed E-state index contributed by atoms with van der Waals surface area (Å²) >= 11 is 0. The van der Waals surface area contributed by atoms with Gasteiger partial charge in [-0.15, -0.1) is 5.92 Å². The Balaban J connectivity index is 1.88. The monoisotopic (exact) mass is 434 g/mol. The number of ether oxygens (including phenoxy) is 2. The van der Waals surface area contributed by atoms with Crippen LogP contribution in [0, 0.1) is 17.7 Å². The van der Waals surface area contributed by atoms with E-state index in [-0.39, 0.29) is 36.2 Å². The molecular weight excluding hydrogens is 413 g/mol. The molecule has 0 aliphatic carbocycles. The van der Waals surface area contributed by atoms with Crippen molar-refractivity contribution in [3.05, 3.63) is 53.2 Å². The van der Waals surface area contributed by atoms with Crippen molar-refractivity contribution in [1.29, 1.82) is 0 Å². The number of hydrogen-bond donors (Lipinski definition) is 1. The van der Waals surface area contributed by atoms with Crippen LogP contribution in [-0.2, 0) is 16.7 Å². The Hall–Kier alpha value is -3.61. The Bertz CT molecular complexity index is 1130. The second-order valence-electron chi connectivity index (χ2n) is 6.79. The minimum atomic E-state index is -3.58. The minimum Gasteiger partial charge on any atom is -0.463 e. The second-order valence-corrected chi connectivity index (χ2v) is 6.79. The zero-order valence-corrected chi connectivity index (χ0v) is 16.7. The third kappa shape index (κ3) is 4.60. The quantitative estimate of drug-likeness (QED) is 0.554. The van der Waals surface area contributed by atoms with Crippen LogP contribution in [-0.4, -0.2) is 40.9 Å². The molecule has 0 unspecified atom stereocenters. The van der Waals surface area contributed by atoms with Gasteiger partial charge in [-0.3, -0.25) is 4.79 Å². The number of ketones is 1. The summed E-state index contributed by atoms with van der Waals surface area (Å²) in [5.41, 5.74) is 2.56. The van der Waals surface area contributed by atoms with Crippen LogP contribution in [0.15, 0.2) is 35.6 Å². The van der Waals surface area contributed by atoms with Gasteiger partial charge < -0.3 is 15.2 Å². The van der Waals surface area contributed by atoms with Gasteiger partial charge in [-0.05, 0) is 31.5 Å². The molecule has 1 aliphatic rings. The number of rotatable bonds is 6. The Labute approximate surface area is 177 Å². The molecule has 0 saturated heterocycles. The van der Waals surface area contributed by atoms with Crippen molar-refractivity contribution in [3.63, 3.8) is 0 Å². The predicted octanol–water partition coefficient (Wildman–Crippen LogP) is 2.64. The van der Waals surface area contributed by atoms with E-state index in [4.69, 9.17) is 11.8 Å². The fourth-order valence-electron chi connectivity index (χ4n) is 2.87. The molecule has 0 bridgehead atoms. The van der Waals surface area contributed by atoms with E-state index < -0.39 is 41.3 Å². The second kappa shape index (κ2) is 8.63. The molecular formula is C21H19F3N4O3. The van der Waals surface area contributed by atoms with Gasteiger partial charge >= 0.3 is 5.92 Å². The molecule has 7 nitrogen and oxygen atoms in total. The number of nitrogens with two attached hydrogens (primary N) is 1. The lowest BCUT2D eigenvalue weighted by Crippen LogP contribution is -2.51. The zero-order chi connectivity index (χ0) is 23.5. The maximum atomic E-state index is 14.6. The number of aromatic nitrogens is 2. The maximum Gasteiger partial charge on any atom is 0.310 e. The van der Waals surface area contributed by atoms with Crippen LogP contribution in [0.4, 0.5) is 13.2 Å². The van der Waals surface area contributed by atoms with Gasteiger partial charge in [0.25, 0.3) is 6.02 Å². The highest BCUT2D eigenvalue weighted by atomic mass is 19.3. The molecule has 1 aliphatic heterocycles. The number of nitrogens with zero attached hydrogens (tertiary/aromatic N) is 3. The normalized spacial score (nSPS) is 19.9. The number of aliphatic imine (C=N–C) groups is 1. The lowest BCUT2D eigenvalue weighted by Gasteiger charge is -2.37. The standard InChI is InChI=1S/C21H19F3N4O3/c1-3-4-7-30-18-11-26-16(10-27-18)17(29)9-13-5-6-15(22)14(8-13)20(2)21(23,24)12-31-19(25)28-20/h5-6,8,10-11H,7,9,12H2,1-2H3,(H2,25,28)/t20-/m1/s1/i5T. The Morgan fingerprint density at radius 3 is 2.87 bits per heavy atom. The molecule has 0 saturated carbocycles. The Morgan fingerprint density at radius 1 is 1.42 bits per heavy atom. The number of amidine groups is 1. The van der Waals surface area contributed by atoms with E-state index in [0.29, 0.717) is 0 Å². The summed E-state index contributed by atoms with van der Waals surface area (Å²) in [7, 11) is 0. The first kappa shape index (κ1) is 20.7. The smallest absolute Gasteiger partial charge is 0.310 e. The fourth-order valence-corrected chi connectivity index (χ4v) is 2.87. The van der Waals surface area contributed by atoms with Crippen LogP contribution in [0.1, 0.15) is 36.8 Å². The van der Waals surface area contributed by atoms with Crippen molar-refractivity contribution < 1.29 is 28.8 Å². The van der Waals surface area contributed by atoms with Gasteiger partial charge in [-0.1, -0.05) is 12.0 Å². The van der Waals surface area contributed by atoms with Crippen LogP contribution in [0.3, 0.4) is 0 Å². The molecule has 31 heavy (non-hydrogen) atoms. The lowest BCUT2D eigenvalue weighted by atomic mass is 9.84. The number of carbonyl (C=O) groups excluding carboxylic acids is 1. The van der Waals surface area contributed by atoms with Crippen molar-refractivity contribution >= 4 is 11.8 Å². The van der Waals surface area contributed by atoms with Gasteiger partial charge in [-0.25, -0.2) is 19.4 Å². The molecule has 0 amide bonds. The van der Waals surface area contributed by atoms with E-state index in [1.165, 1.54) is 12.4 Å². The predicted molar refractivity (Wildman–Crippen MR) is 105 cm³/mol. The van der Waals surface area contributed by atoms with Crippen molar-refractivity contribution in [3.8, 4) is 17.7 Å². The van der Waals surface area contributed by atoms with Crippen molar-refractivity contribution in [2.45, 2.75) is 31.7 Å². The van der Waals surface area contributed by atoms with Crippen molar-refractivity contribution in [1.82, 2.24) is 9.97 Å². The number of Topliss-reactive ketones (excluding diaryl/α,β-unsaturated/α-hetero) is 1. The summed E-state index contributed by atoms with van der Waals surface area (Å²) < 4.78 is 61.6. The third-order valence-corrected chi connectivity index (χ3v) is 4.67. The van der Waals surface area contributed by atoms with Crippen LogP contribution in [0.2, 0.25) is 0 Å². The summed E-state index contributed by atoms with van der Waals surface area (Å²) in [6.07, 6.45) is 2.03. The van der Waals surface area contributed by atoms with Gasteiger partial charge in [-0.2, -0.15) is 8.78 Å². The summed E-state index contributed by atoms with van der Waals surface area (Å²) in [5, 5.41) is 0. The molecule has 1 aromatic heterocycles. The highest BCUT2D eigenvalue weighted by molar-refractivity contribution is 5.95. The van der Waals surface area contributed by atoms with Gasteiger partial charge in [0.15, 0.2) is 24.5 Å². The molecule has 2 aromatic rings. The first-order valence-corrected chi connectivity index (χ1v) is 9.10. The van der Waals surface area contributed by atoms with E-state index in [0.717, 1.165) is 19.1 Å². The topological polar surface area (TPSA) is 99.7 Å². The summed E-state index contributed by atoms with van der Waals surface area (Å²) in [4.78, 5) is 24.2. The first-order valence-electron chi connectivity index (χ1n) is 9.60. The number of benzene rings is 1. The highest BCUT2D eigenvalue weighted by Gasteiger charge is 2.56. The third-order valence-electron chi connectivity index (χ3n) is 4.67. The molecule has 2 heterocycles. The highest BCUT2D eigenvalue weighted by Crippen LogP contribution is 2.44. The molecule has 0 radical (unpaired) electrons. The fraction of sp³-hybridized carbons (Fsp3) is 0.333. The molecule has 1 aromatic carbocycles. The van der Waals surface area contributed by atoms with Crippen molar-refractivity contribution in [2.75, 3.05) is 13.2 Å². The number of alkyl halides is 2. The average molecular weight is 434 g/mol. The molecule has 0 spiro atoms. The van der Waals surface area contributed by atoms with E-state index in [9.17, 15) is 18.0 Å².